The van der Waals surface area contributed by atoms with Gasteiger partial charge < -0.3 is 9.67 Å². The van der Waals surface area contributed by atoms with Crippen LogP contribution in [0.15, 0.2) is 46.3 Å². The molecule has 0 fully saturated rings. The second-order valence-corrected chi connectivity index (χ2v) is 4.90. The van der Waals surface area contributed by atoms with Crippen LogP contribution in [0.1, 0.15) is 16.1 Å². The van der Waals surface area contributed by atoms with Gasteiger partial charge >= 0.3 is 5.97 Å². The molecule has 1 N–H and O–H groups in total. The summed E-state index contributed by atoms with van der Waals surface area (Å²) >= 11 is 1.48. The lowest BCUT2D eigenvalue weighted by molar-refractivity contribution is 0.0692. The van der Waals surface area contributed by atoms with Crippen molar-refractivity contribution in [2.75, 3.05) is 0 Å². The maximum Gasteiger partial charge on any atom is 0.338 e. The number of aryl methyl sites for hydroxylation is 1. The predicted octanol–water partition coefficient (Wildman–Crippen LogP) is 3.18. The summed E-state index contributed by atoms with van der Waals surface area (Å²) in [5.74, 6) is -0.874. The fourth-order valence-corrected chi connectivity index (χ4v) is 2.74. The highest BCUT2D eigenvalue weighted by atomic mass is 32.2. The summed E-state index contributed by atoms with van der Waals surface area (Å²) in [5.41, 5.74) is 1.16. The van der Waals surface area contributed by atoms with Crippen LogP contribution in [0.5, 0.6) is 0 Å². The van der Waals surface area contributed by atoms with Crippen LogP contribution in [0, 0.1) is 6.92 Å². The third kappa shape index (κ3) is 2.36. The molecule has 1 aromatic carbocycles. The highest BCUT2D eigenvalue weighted by Gasteiger charge is 2.17. The third-order valence-corrected chi connectivity index (χ3v) is 3.67. The number of rotatable bonds is 3. The largest absolute Gasteiger partial charge is 0.478 e. The lowest BCUT2D eigenvalue weighted by atomic mass is 10.2. The minimum atomic E-state index is -0.874. The van der Waals surface area contributed by atoms with Crippen molar-refractivity contribution in [2.45, 2.75) is 16.7 Å². The number of aromatic carboxylic acids is 1. The average Bonchev–Trinajstić information content (AvgIpc) is 2.56. The fraction of sp³-hybridized carbons (Fsp3) is 0.154. The van der Waals surface area contributed by atoms with Gasteiger partial charge in [-0.2, -0.15) is 0 Å². The molecule has 1 aromatic heterocycles. The molecule has 0 amide bonds. The molecular weight excluding hydrogens is 234 g/mol. The molecule has 0 aliphatic carbocycles. The molecular formula is C13H13NO2S. The number of carboxylic acids is 1. The monoisotopic (exact) mass is 247 g/mol. The highest BCUT2D eigenvalue weighted by Crippen LogP contribution is 2.32. The van der Waals surface area contributed by atoms with E-state index in [4.69, 9.17) is 0 Å². The van der Waals surface area contributed by atoms with Gasteiger partial charge in [0.15, 0.2) is 0 Å². The summed E-state index contributed by atoms with van der Waals surface area (Å²) in [6, 6.07) is 9.77. The zero-order valence-corrected chi connectivity index (χ0v) is 10.5. The van der Waals surface area contributed by atoms with E-state index in [0.717, 1.165) is 15.5 Å². The Kier molecular flexibility index (Phi) is 3.24. The summed E-state index contributed by atoms with van der Waals surface area (Å²) in [7, 11) is 1.86. The van der Waals surface area contributed by atoms with Gasteiger partial charge in [0, 0.05) is 28.7 Å². The van der Waals surface area contributed by atoms with Crippen LogP contribution in [0.2, 0.25) is 0 Å². The van der Waals surface area contributed by atoms with Gasteiger partial charge in [-0.1, -0.05) is 30.0 Å². The first-order valence-electron chi connectivity index (χ1n) is 5.21. The van der Waals surface area contributed by atoms with Crippen molar-refractivity contribution in [2.24, 2.45) is 7.05 Å². The van der Waals surface area contributed by atoms with Gasteiger partial charge in [-0.3, -0.25) is 0 Å². The van der Waals surface area contributed by atoms with Crippen LogP contribution in [-0.4, -0.2) is 15.6 Å². The lowest BCUT2D eigenvalue weighted by Gasteiger charge is -2.00. The van der Waals surface area contributed by atoms with E-state index in [0.29, 0.717) is 5.56 Å². The summed E-state index contributed by atoms with van der Waals surface area (Å²) < 4.78 is 1.84. The Morgan fingerprint density at radius 3 is 2.53 bits per heavy atom. The Morgan fingerprint density at radius 2 is 1.94 bits per heavy atom. The van der Waals surface area contributed by atoms with Gasteiger partial charge in [-0.15, -0.1) is 0 Å². The zero-order valence-electron chi connectivity index (χ0n) is 9.68. The minimum Gasteiger partial charge on any atom is -0.478 e. The van der Waals surface area contributed by atoms with E-state index >= 15 is 0 Å². The van der Waals surface area contributed by atoms with Gasteiger partial charge in [-0.05, 0) is 19.1 Å². The molecule has 88 valence electrons. The topological polar surface area (TPSA) is 42.2 Å². The van der Waals surface area contributed by atoms with E-state index in [-0.39, 0.29) is 0 Å². The second kappa shape index (κ2) is 4.67. The van der Waals surface area contributed by atoms with Crippen molar-refractivity contribution in [1.29, 1.82) is 0 Å². The zero-order chi connectivity index (χ0) is 12.4. The number of aromatic nitrogens is 1. The molecule has 0 radical (unpaired) electrons. The quantitative estimate of drug-likeness (QED) is 0.905. The van der Waals surface area contributed by atoms with E-state index in [1.54, 1.807) is 0 Å². The van der Waals surface area contributed by atoms with Crippen LogP contribution >= 0.6 is 11.8 Å². The van der Waals surface area contributed by atoms with Crippen LogP contribution in [0.3, 0.4) is 0 Å². The number of nitrogens with zero attached hydrogens (tertiary/aromatic N) is 1. The molecule has 17 heavy (non-hydrogen) atoms. The van der Waals surface area contributed by atoms with Crippen LogP contribution in [0.4, 0.5) is 0 Å². The van der Waals surface area contributed by atoms with Crippen molar-refractivity contribution in [3.05, 3.63) is 47.8 Å². The summed E-state index contributed by atoms with van der Waals surface area (Å²) in [6.45, 7) is 1.82. The number of carbonyl (C=O) groups is 1. The third-order valence-electron chi connectivity index (χ3n) is 2.63. The van der Waals surface area contributed by atoms with Gasteiger partial charge in [0.25, 0.3) is 0 Å². The molecule has 2 aromatic rings. The summed E-state index contributed by atoms with van der Waals surface area (Å²) in [6.07, 6.45) is 1.86. The van der Waals surface area contributed by atoms with Crippen molar-refractivity contribution >= 4 is 17.7 Å². The Labute approximate surface area is 104 Å². The van der Waals surface area contributed by atoms with Crippen molar-refractivity contribution in [3.8, 4) is 0 Å². The van der Waals surface area contributed by atoms with Gasteiger partial charge in [-0.25, -0.2) is 4.79 Å². The van der Waals surface area contributed by atoms with Crippen molar-refractivity contribution < 1.29 is 9.90 Å². The molecule has 2 rings (SSSR count). The Hall–Kier alpha value is -1.68. The Morgan fingerprint density at radius 1 is 1.29 bits per heavy atom. The minimum absolute atomic E-state index is 0.390. The SMILES string of the molecule is Cc1c(C(=O)O)c(Sc2ccccc2)cn1C. The van der Waals surface area contributed by atoms with Crippen molar-refractivity contribution in [1.82, 2.24) is 4.57 Å². The molecule has 0 saturated heterocycles. The van der Waals surface area contributed by atoms with Crippen LogP contribution < -0.4 is 0 Å². The number of carboxylic acid groups (broad SMARTS) is 1. The summed E-state index contributed by atoms with van der Waals surface area (Å²) in [4.78, 5) is 13.0. The standard InChI is InChI=1S/C13H13NO2S/c1-9-12(13(15)16)11(8-14(9)2)17-10-6-4-3-5-7-10/h3-8H,1-2H3,(H,15,16). The highest BCUT2D eigenvalue weighted by molar-refractivity contribution is 7.99. The van der Waals surface area contributed by atoms with Crippen molar-refractivity contribution in [3.63, 3.8) is 0 Å². The number of benzene rings is 1. The van der Waals surface area contributed by atoms with Gasteiger partial charge in [0.05, 0.1) is 5.56 Å². The first-order chi connectivity index (χ1) is 8.09. The normalized spacial score (nSPS) is 10.5. The number of hydrogen-bond acceptors (Lipinski definition) is 2. The molecule has 0 saturated carbocycles. The molecule has 0 spiro atoms. The second-order valence-electron chi connectivity index (χ2n) is 3.78. The van der Waals surface area contributed by atoms with E-state index in [9.17, 15) is 9.90 Å². The van der Waals surface area contributed by atoms with Crippen LogP contribution in [-0.2, 0) is 7.05 Å². The maximum atomic E-state index is 11.2. The predicted molar refractivity (Wildman–Crippen MR) is 67.7 cm³/mol. The Balaban J connectivity index is 2.40. The molecule has 0 bridgehead atoms. The molecule has 0 unspecified atom stereocenters. The van der Waals surface area contributed by atoms with Gasteiger partial charge in [0.1, 0.15) is 0 Å². The van der Waals surface area contributed by atoms with E-state index < -0.39 is 5.97 Å². The Bertz CT molecular complexity index is 546. The van der Waals surface area contributed by atoms with Gasteiger partial charge in [0.2, 0.25) is 0 Å². The van der Waals surface area contributed by atoms with E-state index in [1.807, 2.05) is 55.1 Å². The molecule has 1 heterocycles. The molecule has 3 nitrogen and oxygen atoms in total. The van der Waals surface area contributed by atoms with E-state index in [1.165, 1.54) is 11.8 Å². The molecule has 0 aliphatic rings. The first kappa shape index (κ1) is 11.8. The maximum absolute atomic E-state index is 11.2. The fourth-order valence-electron chi connectivity index (χ4n) is 1.64. The molecule has 4 heteroatoms. The first-order valence-corrected chi connectivity index (χ1v) is 6.03. The molecule has 0 atom stereocenters. The van der Waals surface area contributed by atoms with E-state index in [2.05, 4.69) is 0 Å². The average molecular weight is 247 g/mol. The molecule has 0 aliphatic heterocycles. The summed E-state index contributed by atoms with van der Waals surface area (Å²) in [5, 5.41) is 9.21. The smallest absolute Gasteiger partial charge is 0.338 e. The van der Waals surface area contributed by atoms with Crippen LogP contribution in [0.25, 0.3) is 0 Å². The lowest BCUT2D eigenvalue weighted by Crippen LogP contribution is -2.00. The number of hydrogen-bond donors (Lipinski definition) is 1.